The van der Waals surface area contributed by atoms with E-state index in [9.17, 15) is 4.79 Å². The van der Waals surface area contributed by atoms with Crippen molar-refractivity contribution in [1.82, 2.24) is 9.78 Å². The van der Waals surface area contributed by atoms with E-state index in [1.807, 2.05) is 43.4 Å². The zero-order valence-electron chi connectivity index (χ0n) is 18.5. The number of fused-ring (bicyclic) bond motifs is 3. The SMILES string of the molecule is COc1cc2c(cc1OC)-c1c(c(C(=O)Nc3ccc(N4CCOCC4)cc3)nn1C)C2. The van der Waals surface area contributed by atoms with Crippen molar-refractivity contribution in [2.45, 2.75) is 6.42 Å². The predicted octanol–water partition coefficient (Wildman–Crippen LogP) is 3.10. The maximum atomic E-state index is 13.1. The summed E-state index contributed by atoms with van der Waals surface area (Å²) >= 11 is 0. The molecule has 0 spiro atoms. The number of benzene rings is 2. The molecular weight excluding hydrogens is 408 g/mol. The van der Waals surface area contributed by atoms with E-state index in [0.717, 1.165) is 60.1 Å². The molecule has 0 unspecified atom stereocenters. The van der Waals surface area contributed by atoms with Gasteiger partial charge in [0.1, 0.15) is 0 Å². The number of carbonyl (C=O) groups excluding carboxylic acids is 1. The molecule has 1 N–H and O–H groups in total. The van der Waals surface area contributed by atoms with E-state index in [0.29, 0.717) is 23.6 Å². The van der Waals surface area contributed by atoms with Gasteiger partial charge in [-0.15, -0.1) is 0 Å². The topological polar surface area (TPSA) is 77.8 Å². The summed E-state index contributed by atoms with van der Waals surface area (Å²) in [4.78, 5) is 15.4. The summed E-state index contributed by atoms with van der Waals surface area (Å²) in [5.41, 5.74) is 6.27. The second kappa shape index (κ2) is 8.20. The number of aryl methyl sites for hydroxylation is 1. The van der Waals surface area contributed by atoms with Crippen LogP contribution in [0.3, 0.4) is 0 Å². The number of amides is 1. The molecule has 3 aromatic rings. The van der Waals surface area contributed by atoms with Crippen molar-refractivity contribution >= 4 is 17.3 Å². The summed E-state index contributed by atoms with van der Waals surface area (Å²) in [5, 5.41) is 7.52. The fourth-order valence-corrected chi connectivity index (χ4v) is 4.50. The molecule has 0 atom stereocenters. The quantitative estimate of drug-likeness (QED) is 0.520. The molecule has 8 nitrogen and oxygen atoms in total. The summed E-state index contributed by atoms with van der Waals surface area (Å²) in [6.45, 7) is 3.23. The average molecular weight is 434 g/mol. The van der Waals surface area contributed by atoms with Crippen molar-refractivity contribution in [3.05, 3.63) is 53.2 Å². The van der Waals surface area contributed by atoms with Crippen molar-refractivity contribution in [3.8, 4) is 22.8 Å². The first kappa shape index (κ1) is 20.4. The lowest BCUT2D eigenvalue weighted by Gasteiger charge is -2.28. The Morgan fingerprint density at radius 2 is 1.75 bits per heavy atom. The lowest BCUT2D eigenvalue weighted by atomic mass is 10.1. The standard InChI is InChI=1S/C24H26N4O4/c1-27-23-18-14-21(31-3)20(30-2)13-15(18)12-19(23)22(26-27)24(29)25-16-4-6-17(7-5-16)28-8-10-32-11-9-28/h4-7,13-14H,8-12H2,1-3H3,(H,25,29). The van der Waals surface area contributed by atoms with Gasteiger partial charge < -0.3 is 24.4 Å². The van der Waals surface area contributed by atoms with E-state index in [2.05, 4.69) is 15.3 Å². The second-order valence-corrected chi connectivity index (χ2v) is 7.94. The molecule has 1 amide bonds. The van der Waals surface area contributed by atoms with Crippen LogP contribution in [-0.4, -0.2) is 56.2 Å². The lowest BCUT2D eigenvalue weighted by molar-refractivity contribution is 0.102. The number of rotatable bonds is 5. The summed E-state index contributed by atoms with van der Waals surface area (Å²) < 4.78 is 18.1. The maximum absolute atomic E-state index is 13.1. The van der Waals surface area contributed by atoms with Crippen LogP contribution < -0.4 is 19.7 Å². The van der Waals surface area contributed by atoms with Crippen LogP contribution in [0.1, 0.15) is 21.6 Å². The van der Waals surface area contributed by atoms with Crippen molar-refractivity contribution in [2.75, 3.05) is 50.7 Å². The Hall–Kier alpha value is -3.52. The van der Waals surface area contributed by atoms with Crippen LogP contribution in [0.15, 0.2) is 36.4 Å². The van der Waals surface area contributed by atoms with Gasteiger partial charge in [-0.3, -0.25) is 9.48 Å². The molecule has 1 aliphatic carbocycles. The van der Waals surface area contributed by atoms with E-state index < -0.39 is 0 Å². The fraction of sp³-hybridized carbons (Fsp3) is 0.333. The Kier molecular flexibility index (Phi) is 5.22. The number of nitrogens with one attached hydrogen (secondary N) is 1. The summed E-state index contributed by atoms with van der Waals surface area (Å²) in [6.07, 6.45) is 0.623. The third kappa shape index (κ3) is 3.46. The van der Waals surface area contributed by atoms with E-state index in [1.54, 1.807) is 18.9 Å². The number of ether oxygens (including phenoxy) is 3. The molecule has 0 radical (unpaired) electrons. The van der Waals surface area contributed by atoms with E-state index >= 15 is 0 Å². The third-order valence-corrected chi connectivity index (χ3v) is 6.09. The molecule has 1 aromatic heterocycles. The predicted molar refractivity (Wildman–Crippen MR) is 122 cm³/mol. The number of aromatic nitrogens is 2. The molecule has 32 heavy (non-hydrogen) atoms. The molecule has 1 aliphatic heterocycles. The number of anilines is 2. The normalized spacial score (nSPS) is 14.7. The maximum Gasteiger partial charge on any atom is 0.276 e. The van der Waals surface area contributed by atoms with Crippen LogP contribution in [0.5, 0.6) is 11.5 Å². The number of morpholine rings is 1. The van der Waals surface area contributed by atoms with Gasteiger partial charge in [0.2, 0.25) is 0 Å². The molecule has 0 bridgehead atoms. The number of nitrogens with zero attached hydrogens (tertiary/aromatic N) is 3. The van der Waals surface area contributed by atoms with Gasteiger partial charge in [-0.25, -0.2) is 0 Å². The molecule has 0 saturated carbocycles. The van der Waals surface area contributed by atoms with E-state index in [4.69, 9.17) is 14.2 Å². The molecule has 5 rings (SSSR count). The molecule has 2 aromatic carbocycles. The van der Waals surface area contributed by atoms with Crippen molar-refractivity contribution < 1.29 is 19.0 Å². The molecule has 1 fully saturated rings. The second-order valence-electron chi connectivity index (χ2n) is 7.94. The number of hydrogen-bond acceptors (Lipinski definition) is 6. The van der Waals surface area contributed by atoms with Crippen LogP contribution in [0.2, 0.25) is 0 Å². The van der Waals surface area contributed by atoms with Gasteiger partial charge in [0.25, 0.3) is 5.91 Å². The molecule has 8 heteroatoms. The van der Waals surface area contributed by atoms with E-state index in [1.165, 1.54) is 0 Å². The van der Waals surface area contributed by atoms with Crippen molar-refractivity contribution in [1.29, 1.82) is 0 Å². The van der Waals surface area contributed by atoms with Crippen molar-refractivity contribution in [3.63, 3.8) is 0 Å². The van der Waals surface area contributed by atoms with Gasteiger partial charge >= 0.3 is 0 Å². The fourth-order valence-electron chi connectivity index (χ4n) is 4.50. The van der Waals surface area contributed by atoms with Gasteiger partial charge in [0.05, 0.1) is 33.1 Å². The number of hydrogen-bond donors (Lipinski definition) is 1. The largest absolute Gasteiger partial charge is 0.493 e. The highest BCUT2D eigenvalue weighted by atomic mass is 16.5. The molecule has 166 valence electrons. The smallest absolute Gasteiger partial charge is 0.276 e. The number of carbonyl (C=O) groups is 1. The first-order valence-corrected chi connectivity index (χ1v) is 10.6. The van der Waals surface area contributed by atoms with Gasteiger partial charge in [-0.1, -0.05) is 0 Å². The first-order chi connectivity index (χ1) is 15.6. The monoisotopic (exact) mass is 434 g/mol. The summed E-state index contributed by atoms with van der Waals surface area (Å²) in [7, 11) is 5.10. The minimum Gasteiger partial charge on any atom is -0.493 e. The van der Waals surface area contributed by atoms with Crippen LogP contribution >= 0.6 is 0 Å². The Labute approximate surface area is 186 Å². The Bertz CT molecular complexity index is 1160. The highest BCUT2D eigenvalue weighted by molar-refractivity contribution is 6.05. The Morgan fingerprint density at radius 1 is 1.06 bits per heavy atom. The van der Waals surface area contributed by atoms with Crippen LogP contribution in [0.25, 0.3) is 11.3 Å². The Morgan fingerprint density at radius 3 is 2.44 bits per heavy atom. The summed E-state index contributed by atoms with van der Waals surface area (Å²) in [5.74, 6) is 1.12. The Balaban J connectivity index is 1.38. The van der Waals surface area contributed by atoms with Crippen molar-refractivity contribution in [2.24, 2.45) is 7.05 Å². The lowest BCUT2D eigenvalue weighted by Crippen LogP contribution is -2.36. The van der Waals surface area contributed by atoms with Crippen LogP contribution in [-0.2, 0) is 18.2 Å². The van der Waals surface area contributed by atoms with Gasteiger partial charge in [0.15, 0.2) is 17.2 Å². The van der Waals surface area contributed by atoms with E-state index in [-0.39, 0.29) is 5.91 Å². The molecule has 1 saturated heterocycles. The zero-order chi connectivity index (χ0) is 22.2. The minimum atomic E-state index is -0.215. The minimum absolute atomic E-state index is 0.215. The number of methoxy groups -OCH3 is 2. The third-order valence-electron chi connectivity index (χ3n) is 6.09. The molecule has 2 heterocycles. The highest BCUT2D eigenvalue weighted by Gasteiger charge is 2.31. The first-order valence-electron chi connectivity index (χ1n) is 10.6. The zero-order valence-corrected chi connectivity index (χ0v) is 18.5. The van der Waals surface area contributed by atoms with Gasteiger partial charge in [0, 0.05) is 49.1 Å². The van der Waals surface area contributed by atoms with Crippen LogP contribution in [0, 0.1) is 0 Å². The molecular formula is C24H26N4O4. The van der Waals surface area contributed by atoms with Gasteiger partial charge in [-0.2, -0.15) is 5.10 Å². The van der Waals surface area contributed by atoms with Gasteiger partial charge in [-0.05, 0) is 42.0 Å². The summed E-state index contributed by atoms with van der Waals surface area (Å²) in [6, 6.07) is 11.8. The highest BCUT2D eigenvalue weighted by Crippen LogP contribution is 2.43. The van der Waals surface area contributed by atoms with Crippen LogP contribution in [0.4, 0.5) is 11.4 Å². The average Bonchev–Trinajstić information content (AvgIpc) is 3.35. The molecule has 2 aliphatic rings.